The molecule has 5 nitrogen and oxygen atoms in total. The Bertz CT molecular complexity index is 1270. The molecule has 32 heavy (non-hydrogen) atoms. The van der Waals surface area contributed by atoms with E-state index in [0.29, 0.717) is 35.6 Å². The molecule has 1 aromatic heterocycles. The number of aromatic nitrogens is 1. The molecule has 0 unspecified atom stereocenters. The molecule has 6 heteroatoms. The van der Waals surface area contributed by atoms with Gasteiger partial charge in [0.2, 0.25) is 17.5 Å². The fourth-order valence-electron chi connectivity index (χ4n) is 3.83. The van der Waals surface area contributed by atoms with Gasteiger partial charge in [-0.3, -0.25) is 0 Å². The van der Waals surface area contributed by atoms with Crippen LogP contribution in [0.25, 0.3) is 11.5 Å². The summed E-state index contributed by atoms with van der Waals surface area (Å²) >= 11 is 5.92. The highest BCUT2D eigenvalue weighted by molar-refractivity contribution is 6.30. The van der Waals surface area contributed by atoms with E-state index in [1.54, 1.807) is 0 Å². The molecule has 0 amide bonds. The van der Waals surface area contributed by atoms with E-state index in [-0.39, 0.29) is 0 Å². The lowest BCUT2D eigenvalue weighted by molar-refractivity contribution is 0.306. The lowest BCUT2D eigenvalue weighted by Gasteiger charge is -2.28. The quantitative estimate of drug-likeness (QED) is 0.379. The minimum Gasteiger partial charge on any atom is -0.489 e. The number of hydrogen-bond donors (Lipinski definition) is 0. The maximum absolute atomic E-state index is 9.62. The zero-order valence-corrected chi connectivity index (χ0v) is 18.0. The second-order valence-electron chi connectivity index (χ2n) is 7.66. The summed E-state index contributed by atoms with van der Waals surface area (Å²) < 4.78 is 11.9. The average molecular weight is 442 g/mol. The molecule has 1 aliphatic heterocycles. The summed E-state index contributed by atoms with van der Waals surface area (Å²) in [4.78, 5) is 6.52. The highest BCUT2D eigenvalue weighted by Crippen LogP contribution is 2.32. The maximum Gasteiger partial charge on any atom is 0.235 e. The first-order valence-electron chi connectivity index (χ1n) is 10.4. The van der Waals surface area contributed by atoms with Crippen LogP contribution in [0.15, 0.2) is 77.2 Å². The molecule has 0 saturated heterocycles. The molecule has 5 rings (SSSR count). The standard InChI is InChI=1S/C26H20ClN3O2/c27-22-9-5-18(6-10-22)17-31-23-11-7-20(8-12-23)25-29-24(15-28)26(32-25)30-14-13-19-3-1-2-4-21(19)16-30/h1-12H,13-14,16-17H2. The van der Waals surface area contributed by atoms with Gasteiger partial charge in [0.1, 0.15) is 18.4 Å². The fraction of sp³-hybridized carbons (Fsp3) is 0.154. The van der Waals surface area contributed by atoms with Gasteiger partial charge in [-0.1, -0.05) is 48.0 Å². The third-order valence-electron chi connectivity index (χ3n) is 5.55. The Hall–Kier alpha value is -3.75. The van der Waals surface area contributed by atoms with Crippen molar-refractivity contribution in [3.8, 4) is 23.3 Å². The van der Waals surface area contributed by atoms with Gasteiger partial charge >= 0.3 is 0 Å². The molecule has 0 N–H and O–H groups in total. The van der Waals surface area contributed by atoms with Crippen molar-refractivity contribution in [3.05, 3.63) is 100 Å². The third-order valence-corrected chi connectivity index (χ3v) is 5.81. The van der Waals surface area contributed by atoms with E-state index in [1.807, 2.05) is 54.6 Å². The smallest absolute Gasteiger partial charge is 0.235 e. The summed E-state index contributed by atoms with van der Waals surface area (Å²) in [5.74, 6) is 1.70. The van der Waals surface area contributed by atoms with Crippen LogP contribution in [-0.4, -0.2) is 11.5 Å². The van der Waals surface area contributed by atoms with Crippen LogP contribution in [0, 0.1) is 11.3 Å². The van der Waals surface area contributed by atoms with E-state index in [2.05, 4.69) is 34.2 Å². The van der Waals surface area contributed by atoms with Crippen molar-refractivity contribution >= 4 is 17.5 Å². The van der Waals surface area contributed by atoms with Gasteiger partial charge in [-0.2, -0.15) is 10.2 Å². The van der Waals surface area contributed by atoms with Crippen LogP contribution >= 0.6 is 11.6 Å². The van der Waals surface area contributed by atoms with Crippen molar-refractivity contribution in [2.45, 2.75) is 19.6 Å². The van der Waals surface area contributed by atoms with Gasteiger partial charge in [0.25, 0.3) is 0 Å². The first-order valence-corrected chi connectivity index (χ1v) is 10.8. The zero-order valence-electron chi connectivity index (χ0n) is 17.3. The van der Waals surface area contributed by atoms with Crippen molar-refractivity contribution in [1.29, 1.82) is 5.26 Å². The summed E-state index contributed by atoms with van der Waals surface area (Å²) in [6.45, 7) is 1.95. The Balaban J connectivity index is 1.31. The van der Waals surface area contributed by atoms with Crippen molar-refractivity contribution in [1.82, 2.24) is 4.98 Å². The highest BCUT2D eigenvalue weighted by Gasteiger charge is 2.24. The molecule has 3 aromatic carbocycles. The van der Waals surface area contributed by atoms with E-state index in [9.17, 15) is 5.26 Å². The number of anilines is 1. The molecule has 2 heterocycles. The van der Waals surface area contributed by atoms with Gasteiger partial charge in [0, 0.05) is 23.7 Å². The lowest BCUT2D eigenvalue weighted by atomic mass is 10.00. The normalized spacial score (nSPS) is 12.8. The molecule has 0 aliphatic carbocycles. The van der Waals surface area contributed by atoms with Gasteiger partial charge in [-0.15, -0.1) is 0 Å². The van der Waals surface area contributed by atoms with Gasteiger partial charge in [-0.25, -0.2) is 0 Å². The number of ether oxygens (including phenoxy) is 1. The molecule has 0 saturated carbocycles. The number of nitrogens with zero attached hydrogens (tertiary/aromatic N) is 3. The van der Waals surface area contributed by atoms with E-state index in [4.69, 9.17) is 20.8 Å². The Morgan fingerprint density at radius 1 is 1.00 bits per heavy atom. The molecule has 4 aromatic rings. The van der Waals surface area contributed by atoms with Crippen LogP contribution in [0.3, 0.4) is 0 Å². The highest BCUT2D eigenvalue weighted by atomic mass is 35.5. The predicted molar refractivity (Wildman–Crippen MR) is 124 cm³/mol. The number of rotatable bonds is 5. The summed E-state index contributed by atoms with van der Waals surface area (Å²) in [6.07, 6.45) is 0.913. The predicted octanol–water partition coefficient (Wildman–Crippen LogP) is 6.01. The first-order chi connectivity index (χ1) is 15.7. The van der Waals surface area contributed by atoms with Crippen LogP contribution in [-0.2, 0) is 19.6 Å². The maximum atomic E-state index is 9.62. The summed E-state index contributed by atoms with van der Waals surface area (Å²) in [7, 11) is 0. The average Bonchev–Trinajstić information content (AvgIpc) is 3.28. The van der Waals surface area contributed by atoms with Crippen molar-refractivity contribution in [2.24, 2.45) is 0 Å². The third kappa shape index (κ3) is 4.18. The molecular weight excluding hydrogens is 422 g/mol. The number of hydrogen-bond acceptors (Lipinski definition) is 5. The van der Waals surface area contributed by atoms with Gasteiger partial charge in [0.05, 0.1) is 0 Å². The number of fused-ring (bicyclic) bond motifs is 1. The zero-order chi connectivity index (χ0) is 21.9. The molecular formula is C26H20ClN3O2. The largest absolute Gasteiger partial charge is 0.489 e. The molecule has 0 fully saturated rings. The summed E-state index contributed by atoms with van der Waals surface area (Å²) in [6, 6.07) is 25.6. The molecule has 0 spiro atoms. The van der Waals surface area contributed by atoms with E-state index >= 15 is 0 Å². The minimum atomic E-state index is 0.308. The Morgan fingerprint density at radius 2 is 1.75 bits per heavy atom. The Kier molecular flexibility index (Phi) is 5.53. The van der Waals surface area contributed by atoms with Crippen LogP contribution in [0.1, 0.15) is 22.4 Å². The fourth-order valence-corrected chi connectivity index (χ4v) is 3.96. The summed E-state index contributed by atoms with van der Waals surface area (Å²) in [5, 5.41) is 10.3. The van der Waals surface area contributed by atoms with E-state index in [1.165, 1.54) is 11.1 Å². The topological polar surface area (TPSA) is 62.3 Å². The molecule has 0 atom stereocenters. The molecule has 0 radical (unpaired) electrons. The SMILES string of the molecule is N#Cc1nc(-c2ccc(OCc3ccc(Cl)cc3)cc2)oc1N1CCc2ccccc2C1. The monoisotopic (exact) mass is 441 g/mol. The van der Waals surface area contributed by atoms with Crippen molar-refractivity contribution in [3.63, 3.8) is 0 Å². The molecule has 158 valence electrons. The Morgan fingerprint density at radius 3 is 2.50 bits per heavy atom. The van der Waals surface area contributed by atoms with Crippen molar-refractivity contribution in [2.75, 3.05) is 11.4 Å². The van der Waals surface area contributed by atoms with E-state index < -0.39 is 0 Å². The second kappa shape index (κ2) is 8.78. The van der Waals surface area contributed by atoms with Gasteiger partial charge in [-0.05, 0) is 59.5 Å². The first kappa shape index (κ1) is 20.2. The van der Waals surface area contributed by atoms with Gasteiger partial charge < -0.3 is 14.1 Å². The molecule has 1 aliphatic rings. The van der Waals surface area contributed by atoms with Crippen LogP contribution < -0.4 is 9.64 Å². The number of nitriles is 1. The minimum absolute atomic E-state index is 0.308. The molecule has 0 bridgehead atoms. The van der Waals surface area contributed by atoms with Gasteiger partial charge in [0.15, 0.2) is 0 Å². The van der Waals surface area contributed by atoms with Crippen LogP contribution in [0.4, 0.5) is 5.88 Å². The number of benzene rings is 3. The van der Waals surface area contributed by atoms with Crippen molar-refractivity contribution < 1.29 is 9.15 Å². The lowest BCUT2D eigenvalue weighted by Crippen LogP contribution is -2.30. The van der Waals surface area contributed by atoms with E-state index in [0.717, 1.165) is 29.8 Å². The number of oxazole rings is 1. The second-order valence-corrected chi connectivity index (χ2v) is 8.10. The van der Waals surface area contributed by atoms with Crippen LogP contribution in [0.2, 0.25) is 5.02 Å². The van der Waals surface area contributed by atoms with Crippen LogP contribution in [0.5, 0.6) is 5.75 Å². The number of halogens is 1. The summed E-state index contributed by atoms with van der Waals surface area (Å²) in [5.41, 5.74) is 4.74. The Labute approximate surface area is 191 Å².